The minimum atomic E-state index is -0.187. The van der Waals surface area contributed by atoms with Gasteiger partial charge >= 0.3 is 0 Å². The maximum absolute atomic E-state index is 13.3. The van der Waals surface area contributed by atoms with E-state index in [1.807, 2.05) is 52.9 Å². The zero-order chi connectivity index (χ0) is 19.0. The lowest BCUT2D eigenvalue weighted by atomic mass is 10.0. The molecule has 5 nitrogen and oxygen atoms in total. The van der Waals surface area contributed by atoms with Gasteiger partial charge in [0.05, 0.1) is 19.3 Å². The SMILES string of the molecule is Cn1c(C(=O)N2CCOCC2c2ccc(C=O)cc2)cc2ccc(Cl)cc21. The molecule has 1 aromatic heterocycles. The number of carbonyl (C=O) groups is 2. The molecule has 0 saturated carbocycles. The van der Waals surface area contributed by atoms with E-state index in [2.05, 4.69) is 0 Å². The van der Waals surface area contributed by atoms with Crippen LogP contribution in [0.2, 0.25) is 5.02 Å². The van der Waals surface area contributed by atoms with Crippen molar-refractivity contribution in [3.05, 3.63) is 70.4 Å². The summed E-state index contributed by atoms with van der Waals surface area (Å²) in [6, 6.07) is 14.6. The van der Waals surface area contributed by atoms with Crippen LogP contribution in [0.25, 0.3) is 10.9 Å². The maximum Gasteiger partial charge on any atom is 0.271 e. The Labute approximate surface area is 162 Å². The number of hydrogen-bond donors (Lipinski definition) is 0. The molecule has 0 spiro atoms. The Kier molecular flexibility index (Phi) is 4.72. The van der Waals surface area contributed by atoms with Gasteiger partial charge in [-0.1, -0.05) is 41.9 Å². The Morgan fingerprint density at radius 3 is 2.70 bits per heavy atom. The van der Waals surface area contributed by atoms with Crippen LogP contribution < -0.4 is 0 Å². The lowest BCUT2D eigenvalue weighted by molar-refractivity contribution is -0.00317. The van der Waals surface area contributed by atoms with Gasteiger partial charge in [0.25, 0.3) is 5.91 Å². The Balaban J connectivity index is 1.70. The molecular formula is C21H19ClN2O3. The standard InChI is InChI=1S/C21H19ClN2O3/c1-23-18-11-17(22)7-6-16(18)10-19(23)21(26)24-8-9-27-13-20(24)15-4-2-14(12-25)3-5-15/h2-7,10-12,20H,8-9,13H2,1H3. The quantitative estimate of drug-likeness (QED) is 0.646. The molecule has 1 aliphatic heterocycles. The van der Waals surface area contributed by atoms with Crippen LogP contribution in [-0.4, -0.2) is 41.4 Å². The number of nitrogens with zero attached hydrogens (tertiary/aromatic N) is 2. The number of ether oxygens (including phenoxy) is 1. The van der Waals surface area contributed by atoms with Crippen LogP contribution in [0, 0.1) is 0 Å². The maximum atomic E-state index is 13.3. The molecule has 1 unspecified atom stereocenters. The molecule has 1 aliphatic rings. The number of fused-ring (bicyclic) bond motifs is 1. The van der Waals surface area contributed by atoms with Crippen molar-refractivity contribution < 1.29 is 14.3 Å². The summed E-state index contributed by atoms with van der Waals surface area (Å²) in [5, 5.41) is 1.62. The Morgan fingerprint density at radius 2 is 1.96 bits per heavy atom. The van der Waals surface area contributed by atoms with E-state index >= 15 is 0 Å². The smallest absolute Gasteiger partial charge is 0.271 e. The van der Waals surface area contributed by atoms with E-state index in [0.29, 0.717) is 36.0 Å². The van der Waals surface area contributed by atoms with Gasteiger partial charge in [-0.25, -0.2) is 0 Å². The van der Waals surface area contributed by atoms with Crippen molar-refractivity contribution in [3.63, 3.8) is 0 Å². The monoisotopic (exact) mass is 382 g/mol. The van der Waals surface area contributed by atoms with Gasteiger partial charge in [-0.05, 0) is 23.8 Å². The van der Waals surface area contributed by atoms with E-state index in [-0.39, 0.29) is 11.9 Å². The minimum Gasteiger partial charge on any atom is -0.377 e. The van der Waals surface area contributed by atoms with Crippen LogP contribution in [0.4, 0.5) is 0 Å². The fraction of sp³-hybridized carbons (Fsp3) is 0.238. The molecule has 0 bridgehead atoms. The van der Waals surface area contributed by atoms with Crippen molar-refractivity contribution >= 4 is 34.7 Å². The summed E-state index contributed by atoms with van der Waals surface area (Å²) in [7, 11) is 1.88. The molecule has 1 atom stereocenters. The second kappa shape index (κ2) is 7.18. The molecule has 1 saturated heterocycles. The molecule has 2 heterocycles. The predicted octanol–water partition coefficient (Wildman–Crippen LogP) is 3.86. The number of morpholine rings is 1. The van der Waals surface area contributed by atoms with Crippen LogP contribution in [0.1, 0.15) is 32.5 Å². The summed E-state index contributed by atoms with van der Waals surface area (Å²) < 4.78 is 7.51. The zero-order valence-electron chi connectivity index (χ0n) is 14.9. The van der Waals surface area contributed by atoms with E-state index in [0.717, 1.165) is 22.8 Å². The zero-order valence-corrected chi connectivity index (χ0v) is 15.6. The predicted molar refractivity (Wildman–Crippen MR) is 104 cm³/mol. The van der Waals surface area contributed by atoms with Gasteiger partial charge in [0, 0.05) is 35.1 Å². The summed E-state index contributed by atoms with van der Waals surface area (Å²) in [6.07, 6.45) is 0.810. The highest BCUT2D eigenvalue weighted by Crippen LogP contribution is 2.29. The lowest BCUT2D eigenvalue weighted by Crippen LogP contribution is -2.44. The summed E-state index contributed by atoms with van der Waals surface area (Å²) in [5.41, 5.74) is 3.10. The number of benzene rings is 2. The van der Waals surface area contributed by atoms with Crippen LogP contribution >= 0.6 is 11.6 Å². The van der Waals surface area contributed by atoms with E-state index < -0.39 is 0 Å². The number of aromatic nitrogens is 1. The average Bonchev–Trinajstić information content (AvgIpc) is 3.03. The first-order valence-corrected chi connectivity index (χ1v) is 9.15. The third-order valence-corrected chi connectivity index (χ3v) is 5.31. The van der Waals surface area contributed by atoms with Gasteiger partial charge in [-0.15, -0.1) is 0 Å². The Hall–Kier alpha value is -2.63. The first-order chi connectivity index (χ1) is 13.1. The van der Waals surface area contributed by atoms with Crippen LogP contribution in [0.15, 0.2) is 48.5 Å². The molecule has 27 heavy (non-hydrogen) atoms. The van der Waals surface area contributed by atoms with Gasteiger partial charge < -0.3 is 14.2 Å². The summed E-state index contributed by atoms with van der Waals surface area (Å²) in [4.78, 5) is 26.1. The van der Waals surface area contributed by atoms with E-state index in [9.17, 15) is 9.59 Å². The number of carbonyl (C=O) groups excluding carboxylic acids is 2. The summed E-state index contributed by atoms with van der Waals surface area (Å²) in [6.45, 7) is 1.45. The van der Waals surface area contributed by atoms with Crippen LogP contribution in [0.5, 0.6) is 0 Å². The fourth-order valence-electron chi connectivity index (χ4n) is 3.58. The second-order valence-corrected chi connectivity index (χ2v) is 7.10. The Morgan fingerprint density at radius 1 is 1.19 bits per heavy atom. The molecule has 0 aliphatic carbocycles. The van der Waals surface area contributed by atoms with E-state index in [1.165, 1.54) is 0 Å². The highest BCUT2D eigenvalue weighted by molar-refractivity contribution is 6.31. The molecule has 6 heteroatoms. The molecule has 0 N–H and O–H groups in total. The number of aldehydes is 1. The number of hydrogen-bond acceptors (Lipinski definition) is 3. The van der Waals surface area contributed by atoms with Crippen molar-refractivity contribution in [1.82, 2.24) is 9.47 Å². The molecule has 0 radical (unpaired) electrons. The van der Waals surface area contributed by atoms with E-state index in [4.69, 9.17) is 16.3 Å². The van der Waals surface area contributed by atoms with Crippen molar-refractivity contribution in [1.29, 1.82) is 0 Å². The molecule has 2 aromatic carbocycles. The first kappa shape index (κ1) is 17.8. The van der Waals surface area contributed by atoms with Crippen molar-refractivity contribution in [2.24, 2.45) is 7.05 Å². The Bertz CT molecular complexity index is 1010. The van der Waals surface area contributed by atoms with Gasteiger partial charge in [-0.3, -0.25) is 9.59 Å². The fourth-order valence-corrected chi connectivity index (χ4v) is 3.74. The van der Waals surface area contributed by atoms with Gasteiger partial charge in [0.1, 0.15) is 12.0 Å². The molecular weight excluding hydrogens is 364 g/mol. The molecule has 3 aromatic rings. The van der Waals surface area contributed by atoms with Crippen LogP contribution in [0.3, 0.4) is 0 Å². The average molecular weight is 383 g/mol. The number of aryl methyl sites for hydroxylation is 1. The first-order valence-electron chi connectivity index (χ1n) is 8.77. The van der Waals surface area contributed by atoms with Gasteiger partial charge in [0.15, 0.2) is 0 Å². The van der Waals surface area contributed by atoms with Crippen molar-refractivity contribution in [2.75, 3.05) is 19.8 Å². The molecule has 138 valence electrons. The number of amides is 1. The van der Waals surface area contributed by atoms with Gasteiger partial charge in [0.2, 0.25) is 0 Å². The third kappa shape index (κ3) is 3.24. The third-order valence-electron chi connectivity index (χ3n) is 5.07. The lowest BCUT2D eigenvalue weighted by Gasteiger charge is -2.36. The highest BCUT2D eigenvalue weighted by atomic mass is 35.5. The van der Waals surface area contributed by atoms with Crippen LogP contribution in [-0.2, 0) is 11.8 Å². The minimum absolute atomic E-state index is 0.0439. The van der Waals surface area contributed by atoms with Gasteiger partial charge in [-0.2, -0.15) is 0 Å². The molecule has 4 rings (SSSR count). The normalized spacial score (nSPS) is 17.3. The van der Waals surface area contributed by atoms with Crippen molar-refractivity contribution in [3.8, 4) is 0 Å². The van der Waals surface area contributed by atoms with E-state index in [1.54, 1.807) is 12.1 Å². The summed E-state index contributed by atoms with van der Waals surface area (Å²) >= 11 is 6.11. The molecule has 1 amide bonds. The highest BCUT2D eigenvalue weighted by Gasteiger charge is 2.31. The largest absolute Gasteiger partial charge is 0.377 e. The number of halogens is 1. The molecule has 1 fully saturated rings. The topological polar surface area (TPSA) is 51.5 Å². The second-order valence-electron chi connectivity index (χ2n) is 6.67. The number of rotatable bonds is 3. The summed E-state index contributed by atoms with van der Waals surface area (Å²) in [5.74, 6) is -0.0439. The van der Waals surface area contributed by atoms with Crippen molar-refractivity contribution in [2.45, 2.75) is 6.04 Å².